The van der Waals surface area contributed by atoms with Crippen LogP contribution in [0.3, 0.4) is 0 Å². The van der Waals surface area contributed by atoms with Crippen molar-refractivity contribution in [2.75, 3.05) is 11.9 Å². The fraction of sp³-hybridized carbons (Fsp3) is 0.385. The Morgan fingerprint density at radius 1 is 1.42 bits per heavy atom. The number of ether oxygens (including phenoxy) is 1. The summed E-state index contributed by atoms with van der Waals surface area (Å²) in [4.78, 5) is 22.2. The van der Waals surface area contributed by atoms with Gasteiger partial charge in [-0.25, -0.2) is 4.79 Å². The van der Waals surface area contributed by atoms with Gasteiger partial charge in [0.05, 0.1) is 11.9 Å². The van der Waals surface area contributed by atoms with E-state index in [0.717, 1.165) is 0 Å². The lowest BCUT2D eigenvalue weighted by atomic mass is 10.0. The molecule has 0 saturated carbocycles. The second-order valence-electron chi connectivity index (χ2n) is 3.89. The first-order valence-corrected chi connectivity index (χ1v) is 6.85. The van der Waals surface area contributed by atoms with Gasteiger partial charge in [0.25, 0.3) is 0 Å². The van der Waals surface area contributed by atoms with E-state index in [1.165, 1.54) is 12.1 Å². The van der Waals surface area contributed by atoms with E-state index >= 15 is 0 Å². The molecule has 1 aromatic rings. The average molecular weight is 331 g/mol. The maximum atomic E-state index is 11.5. The minimum absolute atomic E-state index is 0.0529. The van der Waals surface area contributed by atoms with Crippen molar-refractivity contribution in [2.45, 2.75) is 19.4 Å². The Hall–Kier alpha value is -1.40. The number of halogens is 1. The molecule has 0 aliphatic rings. The van der Waals surface area contributed by atoms with Gasteiger partial charge in [0, 0.05) is 12.0 Å². The van der Waals surface area contributed by atoms with Crippen LogP contribution >= 0.6 is 15.9 Å². The Morgan fingerprint density at radius 2 is 2.11 bits per heavy atom. The maximum Gasteiger partial charge on any atom is 0.337 e. The van der Waals surface area contributed by atoms with Crippen molar-refractivity contribution in [1.29, 1.82) is 0 Å². The van der Waals surface area contributed by atoms with Crippen LogP contribution in [-0.2, 0) is 16.0 Å². The molecule has 5 nitrogen and oxygen atoms in total. The number of alkyl halides is 1. The summed E-state index contributed by atoms with van der Waals surface area (Å²) in [6.07, 6.45) is -1.48. The van der Waals surface area contributed by atoms with Crippen molar-refractivity contribution in [3.8, 4) is 5.75 Å². The van der Waals surface area contributed by atoms with Gasteiger partial charge in [-0.2, -0.15) is 0 Å². The number of aliphatic hydroxyl groups is 1. The van der Waals surface area contributed by atoms with E-state index in [0.29, 0.717) is 17.9 Å². The number of aliphatic carboxylic acids is 1. The van der Waals surface area contributed by atoms with Crippen molar-refractivity contribution < 1.29 is 24.5 Å². The van der Waals surface area contributed by atoms with Gasteiger partial charge in [-0.05, 0) is 24.6 Å². The number of aliphatic hydroxyl groups excluding tert-OH is 1. The molecule has 104 valence electrons. The van der Waals surface area contributed by atoms with Crippen LogP contribution in [0.5, 0.6) is 5.75 Å². The van der Waals surface area contributed by atoms with Crippen LogP contribution in [0.25, 0.3) is 0 Å². The molecule has 0 aliphatic carbocycles. The third-order valence-corrected chi connectivity index (χ3v) is 3.10. The van der Waals surface area contributed by atoms with Crippen LogP contribution in [0.1, 0.15) is 24.2 Å². The van der Waals surface area contributed by atoms with Crippen LogP contribution < -0.4 is 4.74 Å². The van der Waals surface area contributed by atoms with E-state index in [4.69, 9.17) is 9.84 Å². The second kappa shape index (κ2) is 7.25. The molecule has 0 spiro atoms. The van der Waals surface area contributed by atoms with Crippen molar-refractivity contribution in [1.82, 2.24) is 0 Å². The molecule has 0 saturated heterocycles. The average Bonchev–Trinajstić information content (AvgIpc) is 2.39. The van der Waals surface area contributed by atoms with E-state index in [2.05, 4.69) is 15.9 Å². The SMILES string of the molecule is CCOc1ccc(C(O)C(=O)O)cc1CC(=O)CBr. The van der Waals surface area contributed by atoms with Gasteiger partial charge in [-0.3, -0.25) is 4.79 Å². The number of carboxylic acids is 1. The second-order valence-corrected chi connectivity index (χ2v) is 4.45. The van der Waals surface area contributed by atoms with E-state index in [1.54, 1.807) is 6.07 Å². The summed E-state index contributed by atoms with van der Waals surface area (Å²) in [7, 11) is 0. The van der Waals surface area contributed by atoms with Crippen LogP contribution in [0.15, 0.2) is 18.2 Å². The standard InChI is InChI=1S/C13H15BrO5/c1-2-19-11-4-3-8(12(16)13(17)18)5-9(11)6-10(15)7-14/h3-5,12,16H,2,6-7H2,1H3,(H,17,18). The number of hydrogen-bond acceptors (Lipinski definition) is 4. The molecule has 6 heteroatoms. The van der Waals surface area contributed by atoms with Gasteiger partial charge in [-0.15, -0.1) is 0 Å². The topological polar surface area (TPSA) is 83.8 Å². The number of carbonyl (C=O) groups is 2. The fourth-order valence-corrected chi connectivity index (χ4v) is 1.80. The van der Waals surface area contributed by atoms with Gasteiger partial charge < -0.3 is 14.9 Å². The summed E-state index contributed by atoms with van der Waals surface area (Å²) in [5.74, 6) is -0.858. The molecular formula is C13H15BrO5. The number of rotatable bonds is 7. The molecule has 0 amide bonds. The first kappa shape index (κ1) is 15.7. The van der Waals surface area contributed by atoms with E-state index in [1.807, 2.05) is 6.92 Å². The van der Waals surface area contributed by atoms with E-state index in [9.17, 15) is 14.7 Å². The highest BCUT2D eigenvalue weighted by atomic mass is 79.9. The van der Waals surface area contributed by atoms with Crippen molar-refractivity contribution in [3.05, 3.63) is 29.3 Å². The summed E-state index contributed by atoms with van der Waals surface area (Å²) in [5.41, 5.74) is 0.803. The molecule has 1 unspecified atom stereocenters. The molecular weight excluding hydrogens is 316 g/mol. The molecule has 0 aliphatic heterocycles. The Bertz CT molecular complexity index is 472. The third kappa shape index (κ3) is 4.33. The summed E-state index contributed by atoms with van der Waals surface area (Å²) in [5, 5.41) is 18.5. The zero-order valence-electron chi connectivity index (χ0n) is 10.4. The van der Waals surface area contributed by atoms with Gasteiger partial charge in [0.15, 0.2) is 6.10 Å². The molecule has 0 heterocycles. The number of ketones is 1. The largest absolute Gasteiger partial charge is 0.494 e. The molecule has 19 heavy (non-hydrogen) atoms. The monoisotopic (exact) mass is 330 g/mol. The number of hydrogen-bond donors (Lipinski definition) is 2. The number of carbonyl (C=O) groups excluding carboxylic acids is 1. The zero-order valence-corrected chi connectivity index (χ0v) is 12.0. The van der Waals surface area contributed by atoms with Crippen LogP contribution in [0, 0.1) is 0 Å². The van der Waals surface area contributed by atoms with Gasteiger partial charge >= 0.3 is 5.97 Å². The minimum atomic E-state index is -1.60. The quantitative estimate of drug-likeness (QED) is 0.743. The molecule has 2 N–H and O–H groups in total. The third-order valence-electron chi connectivity index (χ3n) is 2.47. The lowest BCUT2D eigenvalue weighted by Gasteiger charge is -2.13. The number of carboxylic acid groups (broad SMARTS) is 1. The Balaban J connectivity index is 3.10. The lowest BCUT2D eigenvalue weighted by Crippen LogP contribution is -2.12. The highest BCUT2D eigenvalue weighted by molar-refractivity contribution is 9.09. The summed E-state index contributed by atoms with van der Waals surface area (Å²) >= 11 is 3.07. The predicted octanol–water partition coefficient (Wildman–Crippen LogP) is 1.71. The Kier molecular flexibility index (Phi) is 5.98. The van der Waals surface area contributed by atoms with E-state index < -0.39 is 12.1 Å². The molecule has 0 fully saturated rings. The zero-order chi connectivity index (χ0) is 14.4. The highest BCUT2D eigenvalue weighted by Gasteiger charge is 2.18. The van der Waals surface area contributed by atoms with Crippen LogP contribution in [0.4, 0.5) is 0 Å². The van der Waals surface area contributed by atoms with Crippen molar-refractivity contribution in [3.63, 3.8) is 0 Å². The van der Waals surface area contributed by atoms with Gasteiger partial charge in [0.2, 0.25) is 0 Å². The summed E-state index contributed by atoms with van der Waals surface area (Å²) < 4.78 is 5.38. The molecule has 0 bridgehead atoms. The smallest absolute Gasteiger partial charge is 0.337 e. The molecule has 0 radical (unpaired) electrons. The number of Topliss-reactive ketones (excluding diaryl/α,β-unsaturated/α-hetero) is 1. The van der Waals surface area contributed by atoms with Crippen LogP contribution in [0.2, 0.25) is 0 Å². The molecule has 1 atom stereocenters. The highest BCUT2D eigenvalue weighted by Crippen LogP contribution is 2.25. The Morgan fingerprint density at radius 3 is 2.63 bits per heavy atom. The first-order valence-electron chi connectivity index (χ1n) is 5.73. The summed E-state index contributed by atoms with van der Waals surface area (Å²) in [6, 6.07) is 4.54. The maximum absolute atomic E-state index is 11.5. The molecule has 1 aromatic carbocycles. The Labute approximate surface area is 119 Å². The summed E-state index contributed by atoms with van der Waals surface area (Å²) in [6.45, 7) is 2.26. The van der Waals surface area contributed by atoms with Gasteiger partial charge in [0.1, 0.15) is 11.5 Å². The molecule has 1 rings (SSSR count). The lowest BCUT2D eigenvalue weighted by molar-refractivity contribution is -0.146. The normalized spacial score (nSPS) is 11.9. The van der Waals surface area contributed by atoms with Crippen molar-refractivity contribution in [2.24, 2.45) is 0 Å². The fourth-order valence-electron chi connectivity index (χ4n) is 1.61. The van der Waals surface area contributed by atoms with Crippen molar-refractivity contribution >= 4 is 27.7 Å². The molecule has 0 aromatic heterocycles. The number of benzene rings is 1. The predicted molar refractivity (Wildman–Crippen MR) is 72.7 cm³/mol. The van der Waals surface area contributed by atoms with Gasteiger partial charge in [-0.1, -0.05) is 22.0 Å². The van der Waals surface area contributed by atoms with Crippen LogP contribution in [-0.4, -0.2) is 33.9 Å². The van der Waals surface area contributed by atoms with E-state index in [-0.39, 0.29) is 23.1 Å². The first-order chi connectivity index (χ1) is 8.99. The minimum Gasteiger partial charge on any atom is -0.494 e.